The third-order valence-corrected chi connectivity index (χ3v) is 5.87. The van der Waals surface area contributed by atoms with Gasteiger partial charge in [0.05, 0.1) is 22.9 Å². The Morgan fingerprint density at radius 3 is 2.54 bits per heavy atom. The number of alkyl halides is 2. The zero-order valence-electron chi connectivity index (χ0n) is 13.4. The molecule has 1 aromatic carbocycles. The molecule has 2 saturated heterocycles. The van der Waals surface area contributed by atoms with Crippen molar-refractivity contribution in [2.45, 2.75) is 18.6 Å². The van der Waals surface area contributed by atoms with Gasteiger partial charge >= 0.3 is 6.03 Å². The Morgan fingerprint density at radius 2 is 1.96 bits per heavy atom. The van der Waals surface area contributed by atoms with Gasteiger partial charge in [0.1, 0.15) is 23.2 Å². The second-order valence-electron chi connectivity index (χ2n) is 5.57. The van der Waals surface area contributed by atoms with Gasteiger partial charge in [-0.05, 0) is 12.1 Å². The van der Waals surface area contributed by atoms with Gasteiger partial charge in [0.25, 0.3) is 5.91 Å². The molecule has 2 aliphatic heterocycles. The number of carbonyl (C=O) groups is 2. The molecule has 0 spiro atoms. The van der Waals surface area contributed by atoms with Gasteiger partial charge in [0, 0.05) is 57.8 Å². The van der Waals surface area contributed by atoms with Crippen LogP contribution in [0, 0.1) is 5.82 Å². The molecule has 13 heteroatoms. The summed E-state index contributed by atoms with van der Waals surface area (Å²) >= 11 is 11.1. The van der Waals surface area contributed by atoms with Crippen molar-refractivity contribution in [3.05, 3.63) is 23.0 Å². The largest absolute Gasteiger partial charge is 0.332 e. The molecule has 0 aliphatic carbocycles. The van der Waals surface area contributed by atoms with E-state index in [0.29, 0.717) is 4.90 Å². The Hall–Kier alpha value is -0.0136. The van der Waals surface area contributed by atoms with Crippen LogP contribution in [0.25, 0.3) is 0 Å². The number of hydrogen-bond donors (Lipinski definition) is 1. The molecule has 3 rings (SSSR count). The molecule has 2 fully saturated rings. The maximum Gasteiger partial charge on any atom is 0.332 e. The van der Waals surface area contributed by atoms with Gasteiger partial charge in [-0.25, -0.2) is 26.9 Å². The second kappa shape index (κ2) is 8.15. The van der Waals surface area contributed by atoms with Gasteiger partial charge in [0.2, 0.25) is 10.0 Å². The zero-order valence-corrected chi connectivity index (χ0v) is 18.8. The van der Waals surface area contributed by atoms with E-state index in [-0.39, 0.29) is 75.1 Å². The third-order valence-electron chi connectivity index (χ3n) is 3.88. The van der Waals surface area contributed by atoms with E-state index in [4.69, 9.17) is 23.2 Å². The molecule has 0 saturated carbocycles. The average Bonchev–Trinajstić information content (AvgIpc) is 3.01. The maximum absolute atomic E-state index is 14.3. The summed E-state index contributed by atoms with van der Waals surface area (Å²) in [7, 11) is -3.94. The minimum Gasteiger partial charge on any atom is -0.309 e. The summed E-state index contributed by atoms with van der Waals surface area (Å²) in [6.07, 6.45) is -1.48. The average molecular weight is 453 g/mol. The van der Waals surface area contributed by atoms with Gasteiger partial charge < -0.3 is 4.90 Å². The predicted molar refractivity (Wildman–Crippen MR) is 93.3 cm³/mol. The molecule has 0 bridgehead atoms. The van der Waals surface area contributed by atoms with Crippen molar-refractivity contribution in [1.82, 2.24) is 4.90 Å². The van der Waals surface area contributed by atoms with Crippen molar-refractivity contribution >= 4 is 108 Å². The zero-order chi connectivity index (χ0) is 18.5. The monoisotopic (exact) mass is 452 g/mol. The molecule has 1 aromatic rings. The van der Waals surface area contributed by atoms with E-state index in [1.807, 2.05) is 4.72 Å². The number of hydrogen-bond acceptors (Lipinski definition) is 4. The Bertz CT molecular complexity index is 849. The minimum absolute atomic E-state index is 0. The molecule has 2 atom stereocenters. The normalized spacial score (nSPS) is 22.5. The van der Waals surface area contributed by atoms with E-state index in [9.17, 15) is 26.8 Å². The first-order chi connectivity index (χ1) is 11.6. The van der Waals surface area contributed by atoms with Crippen molar-refractivity contribution < 1.29 is 26.8 Å². The smallest absolute Gasteiger partial charge is 0.309 e. The van der Waals surface area contributed by atoms with Crippen LogP contribution in [-0.4, -0.2) is 101 Å². The van der Waals surface area contributed by atoms with Gasteiger partial charge in [-0.2, -0.15) is 0 Å². The minimum atomic E-state index is -3.94. The van der Waals surface area contributed by atoms with Crippen molar-refractivity contribution in [2.24, 2.45) is 0 Å². The summed E-state index contributed by atoms with van der Waals surface area (Å²) in [6.45, 7) is -0.257. The fourth-order valence-corrected chi connectivity index (χ4v) is 3.78. The SMILES string of the molecule is O=C1[C@H]2C[C@H](F)CN2C(=O)N1c1cc(NS(=O)(=O)CCl)c(Cl)cc1F.[K]. The van der Waals surface area contributed by atoms with Crippen LogP contribution < -0.4 is 9.62 Å². The van der Waals surface area contributed by atoms with E-state index in [0.717, 1.165) is 17.0 Å². The number of sulfonamides is 1. The van der Waals surface area contributed by atoms with Crippen LogP contribution in [-0.2, 0) is 14.8 Å². The standard InChI is InChI=1S/C13H11Cl2F2N3O4S.K/c14-5-25(23,24)18-9-3-10(8(17)2-7(9)15)20-12(21)11-1-6(16)4-19(11)13(20)22;/h2-3,6,11,18H,1,4-5H2;/t6-,11+;/m0./s1. The fraction of sp³-hybridized carbons (Fsp3) is 0.385. The number of anilines is 2. The first-order valence-corrected chi connectivity index (χ1v) is 9.55. The summed E-state index contributed by atoms with van der Waals surface area (Å²) in [5.41, 5.74) is -0.716. The molecule has 1 N–H and O–H groups in total. The quantitative estimate of drug-likeness (QED) is 0.429. The molecular formula is C13H11Cl2F2KN3O4S. The number of carbonyl (C=O) groups excluding carboxylic acids is 2. The van der Waals surface area contributed by atoms with Crippen LogP contribution in [0.15, 0.2) is 12.1 Å². The molecule has 3 amide bonds. The number of benzene rings is 1. The van der Waals surface area contributed by atoms with Crippen LogP contribution >= 0.6 is 23.2 Å². The Labute approximate surface area is 200 Å². The van der Waals surface area contributed by atoms with Gasteiger partial charge in [0.15, 0.2) is 0 Å². The molecule has 137 valence electrons. The third kappa shape index (κ3) is 4.04. The number of imide groups is 1. The van der Waals surface area contributed by atoms with E-state index >= 15 is 0 Å². The summed E-state index contributed by atoms with van der Waals surface area (Å²) in [5.74, 6) is -1.78. The second-order valence-corrected chi connectivity index (χ2v) is 8.28. The number of urea groups is 1. The van der Waals surface area contributed by atoms with E-state index in [1.165, 1.54) is 0 Å². The van der Waals surface area contributed by atoms with E-state index in [1.54, 1.807) is 0 Å². The fourth-order valence-electron chi connectivity index (χ4n) is 2.81. The molecule has 1 radical (unpaired) electrons. The summed E-state index contributed by atoms with van der Waals surface area (Å²) in [6, 6.07) is -0.180. The maximum atomic E-state index is 14.3. The van der Waals surface area contributed by atoms with Gasteiger partial charge in [-0.3, -0.25) is 9.52 Å². The predicted octanol–water partition coefficient (Wildman–Crippen LogP) is 1.92. The van der Waals surface area contributed by atoms with Crippen LogP contribution in [0.2, 0.25) is 5.02 Å². The van der Waals surface area contributed by atoms with E-state index < -0.39 is 50.9 Å². The van der Waals surface area contributed by atoms with Crippen LogP contribution in [0.3, 0.4) is 0 Å². The van der Waals surface area contributed by atoms with Crippen molar-refractivity contribution in [2.75, 3.05) is 21.4 Å². The first kappa shape index (κ1) is 22.3. The molecule has 0 unspecified atom stereocenters. The number of halogens is 4. The Kier molecular flexibility index (Phi) is 6.99. The van der Waals surface area contributed by atoms with Crippen molar-refractivity contribution in [1.29, 1.82) is 0 Å². The van der Waals surface area contributed by atoms with Crippen LogP contribution in [0.1, 0.15) is 6.42 Å². The van der Waals surface area contributed by atoms with Crippen molar-refractivity contribution in [3.8, 4) is 0 Å². The van der Waals surface area contributed by atoms with Crippen LogP contribution in [0.5, 0.6) is 0 Å². The summed E-state index contributed by atoms with van der Waals surface area (Å²) in [5, 5.41) is -1.05. The molecule has 2 heterocycles. The van der Waals surface area contributed by atoms with E-state index in [2.05, 4.69) is 0 Å². The number of fused-ring (bicyclic) bond motifs is 1. The number of nitrogens with one attached hydrogen (secondary N) is 1. The van der Waals surface area contributed by atoms with Crippen LogP contribution in [0.4, 0.5) is 25.0 Å². The Balaban J connectivity index is 0.00000243. The molecule has 7 nitrogen and oxygen atoms in total. The summed E-state index contributed by atoms with van der Waals surface area (Å²) in [4.78, 5) is 26.3. The molecule has 2 aliphatic rings. The Morgan fingerprint density at radius 1 is 1.31 bits per heavy atom. The number of nitrogens with zero attached hydrogens (tertiary/aromatic N) is 2. The number of amides is 3. The first-order valence-electron chi connectivity index (χ1n) is 6.98. The number of rotatable bonds is 4. The molecular weight excluding hydrogens is 442 g/mol. The molecule has 0 aromatic heterocycles. The summed E-state index contributed by atoms with van der Waals surface area (Å²) < 4.78 is 52.8. The van der Waals surface area contributed by atoms with Gasteiger partial charge in [-0.15, -0.1) is 11.6 Å². The topological polar surface area (TPSA) is 86.8 Å². The molecule has 26 heavy (non-hydrogen) atoms. The van der Waals surface area contributed by atoms with Crippen molar-refractivity contribution in [3.63, 3.8) is 0 Å². The van der Waals surface area contributed by atoms with Gasteiger partial charge in [-0.1, -0.05) is 11.6 Å².